The topological polar surface area (TPSA) is 29.3 Å². The third-order valence-corrected chi connectivity index (χ3v) is 5.35. The molecule has 4 rings (SSSR count). The Balaban J connectivity index is 1.60. The van der Waals surface area contributed by atoms with E-state index in [1.807, 2.05) is 12.1 Å². The number of halogens is 1. The van der Waals surface area contributed by atoms with E-state index in [9.17, 15) is 4.39 Å². The zero-order valence-electron chi connectivity index (χ0n) is 12.5. The standard InChI is InChI=1S/C19H21FN2/c20-15-8-6-14(7-9-15)18-16-10-11-17(19(18)21)22(16)12-13-4-2-1-3-5-13/h1-9,16-19H,10-12,21H2/t16-,17-,18-,19+/m1/s1. The largest absolute Gasteiger partial charge is 0.326 e. The van der Waals surface area contributed by atoms with Gasteiger partial charge >= 0.3 is 0 Å². The average Bonchev–Trinajstić information content (AvgIpc) is 3.04. The minimum absolute atomic E-state index is 0.146. The van der Waals surface area contributed by atoms with Crippen LogP contribution >= 0.6 is 0 Å². The number of benzene rings is 2. The third kappa shape index (κ3) is 2.25. The third-order valence-electron chi connectivity index (χ3n) is 5.35. The highest BCUT2D eigenvalue weighted by Gasteiger charge is 2.51. The molecule has 0 amide bonds. The van der Waals surface area contributed by atoms with Crippen molar-refractivity contribution >= 4 is 0 Å². The highest BCUT2D eigenvalue weighted by atomic mass is 19.1. The predicted molar refractivity (Wildman–Crippen MR) is 85.9 cm³/mol. The Morgan fingerprint density at radius 1 is 0.955 bits per heavy atom. The molecule has 3 heteroatoms. The van der Waals surface area contributed by atoms with E-state index in [-0.39, 0.29) is 11.9 Å². The second-order valence-electron chi connectivity index (χ2n) is 6.52. The van der Waals surface area contributed by atoms with Crippen molar-refractivity contribution in [1.29, 1.82) is 0 Å². The molecule has 2 aromatic rings. The molecule has 2 fully saturated rings. The summed E-state index contributed by atoms with van der Waals surface area (Å²) in [5.74, 6) is 0.143. The first-order valence-corrected chi connectivity index (χ1v) is 8.05. The van der Waals surface area contributed by atoms with Gasteiger partial charge in [-0.25, -0.2) is 4.39 Å². The van der Waals surface area contributed by atoms with E-state index in [1.54, 1.807) is 12.1 Å². The van der Waals surface area contributed by atoms with Crippen molar-refractivity contribution < 1.29 is 4.39 Å². The molecule has 2 bridgehead atoms. The van der Waals surface area contributed by atoms with E-state index in [0.29, 0.717) is 18.0 Å². The molecule has 2 aliphatic heterocycles. The van der Waals surface area contributed by atoms with Gasteiger partial charge in [-0.3, -0.25) is 4.90 Å². The first-order chi connectivity index (χ1) is 10.7. The fourth-order valence-corrected chi connectivity index (χ4v) is 4.37. The minimum atomic E-state index is -0.179. The second kappa shape index (κ2) is 5.49. The summed E-state index contributed by atoms with van der Waals surface area (Å²) >= 11 is 0. The Bertz CT molecular complexity index is 640. The minimum Gasteiger partial charge on any atom is -0.326 e. The summed E-state index contributed by atoms with van der Waals surface area (Å²) in [6.45, 7) is 0.960. The molecular formula is C19H21FN2. The Hall–Kier alpha value is -1.71. The van der Waals surface area contributed by atoms with E-state index in [0.717, 1.165) is 6.54 Å². The van der Waals surface area contributed by atoms with Crippen molar-refractivity contribution in [3.63, 3.8) is 0 Å². The smallest absolute Gasteiger partial charge is 0.123 e. The van der Waals surface area contributed by atoms with E-state index in [1.165, 1.54) is 24.0 Å². The molecule has 2 nitrogen and oxygen atoms in total. The Labute approximate surface area is 130 Å². The molecule has 0 radical (unpaired) electrons. The van der Waals surface area contributed by atoms with Crippen LogP contribution in [0.1, 0.15) is 29.9 Å². The molecule has 2 heterocycles. The quantitative estimate of drug-likeness (QED) is 0.942. The summed E-state index contributed by atoms with van der Waals surface area (Å²) in [6, 6.07) is 18.6. The summed E-state index contributed by atoms with van der Waals surface area (Å²) < 4.78 is 13.2. The van der Waals surface area contributed by atoms with E-state index in [4.69, 9.17) is 5.73 Å². The van der Waals surface area contributed by atoms with Gasteiger partial charge in [-0.05, 0) is 36.1 Å². The molecule has 2 aromatic carbocycles. The van der Waals surface area contributed by atoms with Crippen LogP contribution in [-0.4, -0.2) is 23.0 Å². The van der Waals surface area contributed by atoms with Crippen LogP contribution in [0, 0.1) is 5.82 Å². The summed E-state index contributed by atoms with van der Waals surface area (Å²) in [7, 11) is 0. The lowest BCUT2D eigenvalue weighted by atomic mass is 9.80. The van der Waals surface area contributed by atoms with Crippen LogP contribution in [0.5, 0.6) is 0 Å². The SMILES string of the molecule is N[C@@H]1[C@H](c2ccc(F)cc2)[C@H]2CC[C@H]1N2Cc1ccccc1. The number of fused-ring (bicyclic) bond motifs is 2. The van der Waals surface area contributed by atoms with Crippen LogP contribution in [0.3, 0.4) is 0 Å². The van der Waals surface area contributed by atoms with E-state index >= 15 is 0 Å². The molecule has 4 atom stereocenters. The number of nitrogens with two attached hydrogens (primary N) is 1. The summed E-state index contributed by atoms with van der Waals surface area (Å²) in [5, 5.41) is 0. The van der Waals surface area contributed by atoms with Crippen LogP contribution in [0.25, 0.3) is 0 Å². The molecule has 0 saturated carbocycles. The van der Waals surface area contributed by atoms with E-state index in [2.05, 4.69) is 35.2 Å². The van der Waals surface area contributed by atoms with Crippen molar-refractivity contribution in [3.05, 3.63) is 71.5 Å². The molecular weight excluding hydrogens is 275 g/mol. The molecule has 22 heavy (non-hydrogen) atoms. The van der Waals surface area contributed by atoms with Gasteiger partial charge in [-0.15, -0.1) is 0 Å². The Kier molecular flexibility index (Phi) is 3.47. The van der Waals surface area contributed by atoms with Crippen LogP contribution in [0.4, 0.5) is 4.39 Å². The summed E-state index contributed by atoms with van der Waals surface area (Å²) in [6.07, 6.45) is 2.36. The van der Waals surface area contributed by atoms with Gasteiger partial charge in [0.15, 0.2) is 0 Å². The number of hydrogen-bond donors (Lipinski definition) is 1. The highest BCUT2D eigenvalue weighted by Crippen LogP contribution is 2.46. The van der Waals surface area contributed by atoms with Gasteiger partial charge in [-0.2, -0.15) is 0 Å². The maximum atomic E-state index is 13.2. The molecule has 0 spiro atoms. The van der Waals surface area contributed by atoms with Gasteiger partial charge in [0, 0.05) is 30.6 Å². The zero-order chi connectivity index (χ0) is 15.1. The molecule has 0 aromatic heterocycles. The van der Waals surface area contributed by atoms with Crippen molar-refractivity contribution in [2.45, 2.75) is 43.4 Å². The van der Waals surface area contributed by atoms with Crippen LogP contribution in [0.2, 0.25) is 0 Å². The van der Waals surface area contributed by atoms with Crippen molar-refractivity contribution in [2.24, 2.45) is 5.73 Å². The van der Waals surface area contributed by atoms with Crippen molar-refractivity contribution in [3.8, 4) is 0 Å². The van der Waals surface area contributed by atoms with Crippen molar-refractivity contribution in [2.75, 3.05) is 0 Å². The summed E-state index contributed by atoms with van der Waals surface area (Å²) in [4.78, 5) is 2.56. The zero-order valence-corrected chi connectivity index (χ0v) is 12.5. The second-order valence-corrected chi connectivity index (χ2v) is 6.52. The summed E-state index contributed by atoms with van der Waals surface area (Å²) in [5.41, 5.74) is 9.06. The van der Waals surface area contributed by atoms with Gasteiger partial charge in [0.2, 0.25) is 0 Å². The first-order valence-electron chi connectivity index (χ1n) is 8.05. The molecule has 2 aliphatic rings. The normalized spacial score (nSPS) is 30.8. The van der Waals surface area contributed by atoms with Gasteiger partial charge in [0.1, 0.15) is 5.82 Å². The van der Waals surface area contributed by atoms with Crippen LogP contribution in [0.15, 0.2) is 54.6 Å². The van der Waals surface area contributed by atoms with Crippen LogP contribution in [-0.2, 0) is 6.54 Å². The molecule has 0 aliphatic carbocycles. The van der Waals surface area contributed by atoms with Crippen molar-refractivity contribution in [1.82, 2.24) is 4.90 Å². The molecule has 0 unspecified atom stereocenters. The first kappa shape index (κ1) is 13.9. The van der Waals surface area contributed by atoms with Gasteiger partial charge in [-0.1, -0.05) is 42.5 Å². The lowest BCUT2D eigenvalue weighted by Gasteiger charge is -2.26. The van der Waals surface area contributed by atoms with E-state index < -0.39 is 0 Å². The predicted octanol–water partition coefficient (Wildman–Crippen LogP) is 3.28. The maximum Gasteiger partial charge on any atom is 0.123 e. The number of rotatable bonds is 3. The number of nitrogens with zero attached hydrogens (tertiary/aromatic N) is 1. The molecule has 2 saturated heterocycles. The fraction of sp³-hybridized carbons (Fsp3) is 0.368. The Morgan fingerprint density at radius 2 is 1.64 bits per heavy atom. The number of hydrogen-bond acceptors (Lipinski definition) is 2. The lowest BCUT2D eigenvalue weighted by molar-refractivity contribution is 0.236. The average molecular weight is 296 g/mol. The lowest BCUT2D eigenvalue weighted by Crippen LogP contribution is -2.39. The van der Waals surface area contributed by atoms with Gasteiger partial charge < -0.3 is 5.73 Å². The van der Waals surface area contributed by atoms with Gasteiger partial charge in [0.25, 0.3) is 0 Å². The van der Waals surface area contributed by atoms with Gasteiger partial charge in [0.05, 0.1) is 0 Å². The Morgan fingerprint density at radius 3 is 2.36 bits per heavy atom. The highest BCUT2D eigenvalue weighted by molar-refractivity contribution is 5.30. The van der Waals surface area contributed by atoms with Crippen LogP contribution < -0.4 is 5.73 Å². The maximum absolute atomic E-state index is 13.2. The molecule has 2 N–H and O–H groups in total. The monoisotopic (exact) mass is 296 g/mol. The fourth-order valence-electron chi connectivity index (χ4n) is 4.37. The molecule has 114 valence electrons.